The number of halogens is 2. The lowest BCUT2D eigenvalue weighted by Crippen LogP contribution is -2.28. The fraction of sp³-hybridized carbons (Fsp3) is 0.417. The summed E-state index contributed by atoms with van der Waals surface area (Å²) in [5.74, 6) is -0.0808. The van der Waals surface area contributed by atoms with Gasteiger partial charge in [-0.25, -0.2) is 0 Å². The van der Waals surface area contributed by atoms with E-state index in [1.54, 1.807) is 0 Å². The van der Waals surface area contributed by atoms with Gasteiger partial charge in [-0.3, -0.25) is 4.79 Å². The zero-order valence-electron chi connectivity index (χ0n) is 9.80. The number of hydrogen-bond donors (Lipinski definition) is 1. The van der Waals surface area contributed by atoms with Crippen LogP contribution in [0.4, 0.5) is 0 Å². The Hall–Kier alpha value is -0.140. The zero-order valence-corrected chi connectivity index (χ0v) is 13.5. The van der Waals surface area contributed by atoms with Gasteiger partial charge in [0.1, 0.15) is 0 Å². The molecule has 5 heteroatoms. The normalized spacial score (nSPS) is 10.6. The lowest BCUT2D eigenvalue weighted by molar-refractivity contribution is 0.0746. The molecule has 0 aliphatic carbocycles. The van der Waals surface area contributed by atoms with Gasteiger partial charge in [0.25, 0.3) is 5.91 Å². The van der Waals surface area contributed by atoms with Gasteiger partial charge in [0.2, 0.25) is 0 Å². The lowest BCUT2D eigenvalue weighted by atomic mass is 10.2. The summed E-state index contributed by atoms with van der Waals surface area (Å²) in [4.78, 5) is 11.9. The number of nitrogens with one attached hydrogen (secondary N) is 1. The van der Waals surface area contributed by atoms with Crippen molar-refractivity contribution in [2.24, 2.45) is 0 Å². The smallest absolute Gasteiger partial charge is 0.252 e. The van der Waals surface area contributed by atoms with E-state index in [1.165, 1.54) is 0 Å². The molecule has 0 spiro atoms. The van der Waals surface area contributed by atoms with Gasteiger partial charge in [0.15, 0.2) is 0 Å². The first-order valence-electron chi connectivity index (χ1n) is 5.35. The summed E-state index contributed by atoms with van der Waals surface area (Å²) in [6, 6.07) is 5.67. The van der Waals surface area contributed by atoms with E-state index in [1.807, 2.05) is 32.0 Å². The molecule has 17 heavy (non-hydrogen) atoms. The van der Waals surface area contributed by atoms with Crippen molar-refractivity contribution in [1.82, 2.24) is 5.32 Å². The zero-order chi connectivity index (χ0) is 12.8. The number of carbonyl (C=O) groups excluding carboxylic acids is 1. The first-order valence-corrected chi connectivity index (χ1v) is 7.22. The minimum atomic E-state index is -0.0808. The van der Waals surface area contributed by atoms with Crippen LogP contribution in [0, 0.1) is 3.57 Å². The highest BCUT2D eigenvalue weighted by atomic mass is 127. The molecule has 1 rings (SSSR count). The fourth-order valence-corrected chi connectivity index (χ4v) is 2.14. The van der Waals surface area contributed by atoms with Crippen molar-refractivity contribution < 1.29 is 9.53 Å². The molecule has 3 nitrogen and oxygen atoms in total. The highest BCUT2D eigenvalue weighted by molar-refractivity contribution is 14.1. The number of rotatable bonds is 5. The summed E-state index contributed by atoms with van der Waals surface area (Å²) < 4.78 is 7.20. The third-order valence-electron chi connectivity index (χ3n) is 2.01. The Balaban J connectivity index is 2.49. The van der Waals surface area contributed by atoms with Crippen LogP contribution in [0.25, 0.3) is 0 Å². The van der Waals surface area contributed by atoms with Crippen LogP contribution < -0.4 is 5.32 Å². The Labute approximate surface area is 124 Å². The molecule has 1 aromatic rings. The van der Waals surface area contributed by atoms with Crippen molar-refractivity contribution >= 4 is 44.4 Å². The van der Waals surface area contributed by atoms with Crippen LogP contribution in [0.5, 0.6) is 0 Å². The minimum absolute atomic E-state index is 0.0808. The van der Waals surface area contributed by atoms with Crippen molar-refractivity contribution in [3.63, 3.8) is 0 Å². The average Bonchev–Trinajstić information content (AvgIpc) is 2.27. The Kier molecular flexibility index (Phi) is 6.43. The number of ether oxygens (including phenoxy) is 1. The van der Waals surface area contributed by atoms with Crippen LogP contribution >= 0.6 is 38.5 Å². The molecule has 0 heterocycles. The van der Waals surface area contributed by atoms with Gasteiger partial charge < -0.3 is 10.1 Å². The first-order chi connectivity index (χ1) is 8.00. The number of amides is 1. The molecule has 1 aromatic carbocycles. The van der Waals surface area contributed by atoms with Crippen molar-refractivity contribution in [1.29, 1.82) is 0 Å². The van der Waals surface area contributed by atoms with E-state index in [4.69, 9.17) is 4.74 Å². The van der Waals surface area contributed by atoms with E-state index in [-0.39, 0.29) is 12.0 Å². The predicted molar refractivity (Wildman–Crippen MR) is 80.3 cm³/mol. The molecule has 0 fully saturated rings. The molecule has 0 aromatic heterocycles. The van der Waals surface area contributed by atoms with Crippen LogP contribution in [-0.2, 0) is 4.74 Å². The standard InChI is InChI=1S/C12H15BrINO2/c1-8(2)17-6-5-15-12(16)10-7-9(14)3-4-11(10)13/h3-4,7-8H,5-6H2,1-2H3,(H,15,16). The Bertz CT molecular complexity index is 396. The molecular formula is C12H15BrINO2. The molecule has 1 amide bonds. The monoisotopic (exact) mass is 411 g/mol. The largest absolute Gasteiger partial charge is 0.377 e. The second-order valence-corrected chi connectivity index (χ2v) is 5.90. The van der Waals surface area contributed by atoms with E-state index >= 15 is 0 Å². The fourth-order valence-electron chi connectivity index (χ4n) is 1.23. The summed E-state index contributed by atoms with van der Waals surface area (Å²) in [6.45, 7) is 5.00. The second-order valence-electron chi connectivity index (χ2n) is 3.80. The van der Waals surface area contributed by atoms with Gasteiger partial charge >= 0.3 is 0 Å². The van der Waals surface area contributed by atoms with Crippen molar-refractivity contribution in [2.45, 2.75) is 20.0 Å². The molecule has 0 saturated heterocycles. The van der Waals surface area contributed by atoms with E-state index in [0.29, 0.717) is 18.7 Å². The maximum absolute atomic E-state index is 11.9. The maximum Gasteiger partial charge on any atom is 0.252 e. The van der Waals surface area contributed by atoms with E-state index in [9.17, 15) is 4.79 Å². The van der Waals surface area contributed by atoms with E-state index in [0.717, 1.165) is 8.04 Å². The number of carbonyl (C=O) groups is 1. The Morgan fingerprint density at radius 1 is 1.53 bits per heavy atom. The molecule has 0 radical (unpaired) electrons. The van der Waals surface area contributed by atoms with Crippen molar-refractivity contribution in [3.05, 3.63) is 31.8 Å². The third-order valence-corrected chi connectivity index (χ3v) is 3.37. The Morgan fingerprint density at radius 3 is 2.88 bits per heavy atom. The van der Waals surface area contributed by atoms with Gasteiger partial charge in [0.05, 0.1) is 18.3 Å². The van der Waals surface area contributed by atoms with Crippen LogP contribution in [-0.4, -0.2) is 25.2 Å². The number of hydrogen-bond acceptors (Lipinski definition) is 2. The Morgan fingerprint density at radius 2 is 2.24 bits per heavy atom. The summed E-state index contributed by atoms with van der Waals surface area (Å²) >= 11 is 5.55. The topological polar surface area (TPSA) is 38.3 Å². The van der Waals surface area contributed by atoms with Crippen molar-refractivity contribution in [3.8, 4) is 0 Å². The molecule has 0 saturated carbocycles. The summed E-state index contributed by atoms with van der Waals surface area (Å²) in [5, 5.41) is 2.83. The average molecular weight is 412 g/mol. The van der Waals surface area contributed by atoms with E-state index in [2.05, 4.69) is 43.8 Å². The summed E-state index contributed by atoms with van der Waals surface area (Å²) in [5.41, 5.74) is 0.654. The van der Waals surface area contributed by atoms with Gasteiger partial charge in [-0.15, -0.1) is 0 Å². The molecule has 1 N–H and O–H groups in total. The van der Waals surface area contributed by atoms with E-state index < -0.39 is 0 Å². The van der Waals surface area contributed by atoms with Crippen LogP contribution in [0.1, 0.15) is 24.2 Å². The van der Waals surface area contributed by atoms with Gasteiger partial charge in [0, 0.05) is 14.6 Å². The molecular weight excluding hydrogens is 397 g/mol. The summed E-state index contributed by atoms with van der Waals surface area (Å²) in [7, 11) is 0. The molecule has 0 aliphatic heterocycles. The van der Waals surface area contributed by atoms with Gasteiger partial charge in [-0.05, 0) is 70.6 Å². The lowest BCUT2D eigenvalue weighted by Gasteiger charge is -2.09. The van der Waals surface area contributed by atoms with Gasteiger partial charge in [-0.2, -0.15) is 0 Å². The molecule has 94 valence electrons. The third kappa shape index (κ3) is 5.35. The predicted octanol–water partition coefficient (Wildman–Crippen LogP) is 3.21. The number of benzene rings is 1. The second kappa shape index (κ2) is 7.33. The van der Waals surface area contributed by atoms with Crippen LogP contribution in [0.2, 0.25) is 0 Å². The molecule has 0 aliphatic rings. The van der Waals surface area contributed by atoms with Gasteiger partial charge in [-0.1, -0.05) is 0 Å². The SMILES string of the molecule is CC(C)OCCNC(=O)c1cc(I)ccc1Br. The quantitative estimate of drug-likeness (QED) is 0.596. The molecule has 0 unspecified atom stereocenters. The van der Waals surface area contributed by atoms with Crippen LogP contribution in [0.3, 0.4) is 0 Å². The molecule has 0 atom stereocenters. The maximum atomic E-state index is 11.9. The van der Waals surface area contributed by atoms with Crippen molar-refractivity contribution in [2.75, 3.05) is 13.2 Å². The molecule has 0 bridgehead atoms. The first kappa shape index (κ1) is 14.9. The summed E-state index contributed by atoms with van der Waals surface area (Å²) in [6.07, 6.45) is 0.191. The minimum Gasteiger partial charge on any atom is -0.377 e. The highest BCUT2D eigenvalue weighted by Gasteiger charge is 2.09. The van der Waals surface area contributed by atoms with Crippen LogP contribution in [0.15, 0.2) is 22.7 Å². The highest BCUT2D eigenvalue weighted by Crippen LogP contribution is 2.19.